The minimum atomic E-state index is -0.311. The zero-order valence-corrected chi connectivity index (χ0v) is 19.1. The third-order valence-electron chi connectivity index (χ3n) is 6.23. The molecule has 1 aromatic heterocycles. The van der Waals surface area contributed by atoms with E-state index in [9.17, 15) is 14.0 Å². The molecule has 34 heavy (non-hydrogen) atoms. The predicted octanol–water partition coefficient (Wildman–Crippen LogP) is 4.65. The fourth-order valence-corrected chi connectivity index (χ4v) is 4.27. The summed E-state index contributed by atoms with van der Waals surface area (Å²) in [7, 11) is 0. The van der Waals surface area contributed by atoms with E-state index in [1.54, 1.807) is 23.1 Å². The van der Waals surface area contributed by atoms with Crippen LogP contribution >= 0.6 is 0 Å². The van der Waals surface area contributed by atoms with Crippen LogP contribution in [0.2, 0.25) is 0 Å². The molecule has 0 bridgehead atoms. The number of ether oxygens (including phenoxy) is 2. The molecule has 2 aromatic carbocycles. The number of amides is 1. The summed E-state index contributed by atoms with van der Waals surface area (Å²) in [4.78, 5) is 26.7. The summed E-state index contributed by atoms with van der Waals surface area (Å²) in [5.74, 6) is 1.54. The van der Waals surface area contributed by atoms with Crippen molar-refractivity contribution in [3.8, 4) is 17.2 Å². The van der Waals surface area contributed by atoms with Gasteiger partial charge in [-0.1, -0.05) is 12.1 Å². The van der Waals surface area contributed by atoms with E-state index in [0.29, 0.717) is 49.2 Å². The highest BCUT2D eigenvalue weighted by atomic mass is 19.1. The first-order chi connectivity index (χ1) is 16.4. The lowest BCUT2D eigenvalue weighted by Gasteiger charge is -2.39. The number of nitrogens with zero attached hydrogens (tertiary/aromatic N) is 2. The van der Waals surface area contributed by atoms with Crippen molar-refractivity contribution in [2.24, 2.45) is 0 Å². The van der Waals surface area contributed by atoms with Crippen LogP contribution in [0.4, 0.5) is 4.39 Å². The van der Waals surface area contributed by atoms with Gasteiger partial charge in [-0.3, -0.25) is 9.59 Å². The monoisotopic (exact) mass is 462 g/mol. The normalized spacial score (nSPS) is 15.6. The zero-order valence-electron chi connectivity index (χ0n) is 19.1. The Morgan fingerprint density at radius 3 is 2.47 bits per heavy atom. The van der Waals surface area contributed by atoms with E-state index >= 15 is 0 Å². The highest BCUT2D eigenvalue weighted by Gasteiger charge is 2.32. The molecule has 3 aromatic rings. The maximum Gasteiger partial charge on any atom is 0.254 e. The van der Waals surface area contributed by atoms with Crippen LogP contribution in [0.5, 0.6) is 17.2 Å². The molecular formula is C27H27FN2O4. The standard InChI is InChI=1S/C27H27FN2O4/c1-18-13-24(15-27(32)30(18)21-8-9-21)34-25-16-29(17-25)26(31)12-5-19-3-2-4-23(14-19)33-22-10-6-20(28)7-11-22/h2-4,6-7,10-11,13-15,21,25H,5,8-9,12,16-17H2,1H3. The topological polar surface area (TPSA) is 60.8 Å². The van der Waals surface area contributed by atoms with Crippen LogP contribution in [0.15, 0.2) is 65.5 Å². The van der Waals surface area contributed by atoms with Crippen molar-refractivity contribution in [3.63, 3.8) is 0 Å². The van der Waals surface area contributed by atoms with Crippen LogP contribution in [0.25, 0.3) is 0 Å². The van der Waals surface area contributed by atoms with Gasteiger partial charge in [0, 0.05) is 24.2 Å². The summed E-state index contributed by atoms with van der Waals surface area (Å²) in [5, 5.41) is 0. The van der Waals surface area contributed by atoms with Crippen LogP contribution in [-0.2, 0) is 11.2 Å². The molecule has 1 amide bonds. The second-order valence-corrected chi connectivity index (χ2v) is 9.01. The van der Waals surface area contributed by atoms with E-state index in [2.05, 4.69) is 0 Å². The molecular weight excluding hydrogens is 435 g/mol. The van der Waals surface area contributed by atoms with E-state index in [0.717, 1.165) is 24.1 Å². The third-order valence-corrected chi connectivity index (χ3v) is 6.23. The minimum absolute atomic E-state index is 0.0182. The minimum Gasteiger partial charge on any atom is -0.486 e. The van der Waals surface area contributed by atoms with Gasteiger partial charge in [-0.05, 0) is 74.2 Å². The summed E-state index contributed by atoms with van der Waals surface area (Å²) in [5.41, 5.74) is 1.89. The molecule has 1 aliphatic carbocycles. The van der Waals surface area contributed by atoms with Crippen molar-refractivity contribution in [3.05, 3.63) is 88.1 Å². The second kappa shape index (κ2) is 9.33. The lowest BCUT2D eigenvalue weighted by molar-refractivity contribution is -0.139. The number of aromatic nitrogens is 1. The molecule has 1 saturated heterocycles. The maximum absolute atomic E-state index is 13.1. The Balaban J connectivity index is 1.09. The zero-order chi connectivity index (χ0) is 23.7. The van der Waals surface area contributed by atoms with Crippen LogP contribution in [-0.4, -0.2) is 34.6 Å². The van der Waals surface area contributed by atoms with Crippen molar-refractivity contribution < 1.29 is 18.7 Å². The molecule has 0 radical (unpaired) electrons. The Labute approximate surface area is 197 Å². The smallest absolute Gasteiger partial charge is 0.254 e. The van der Waals surface area contributed by atoms with Gasteiger partial charge in [-0.2, -0.15) is 0 Å². The number of aryl methyl sites for hydroxylation is 2. The van der Waals surface area contributed by atoms with Crippen molar-refractivity contribution in [1.82, 2.24) is 9.47 Å². The summed E-state index contributed by atoms with van der Waals surface area (Å²) < 4.78 is 26.6. The first kappa shape index (κ1) is 22.2. The number of hydrogen-bond acceptors (Lipinski definition) is 4. The highest BCUT2D eigenvalue weighted by molar-refractivity contribution is 5.77. The average Bonchev–Trinajstić information content (AvgIpc) is 3.61. The number of halogens is 1. The molecule has 1 aliphatic heterocycles. The van der Waals surface area contributed by atoms with Gasteiger partial charge in [0.2, 0.25) is 5.91 Å². The Morgan fingerprint density at radius 1 is 1.00 bits per heavy atom. The molecule has 2 aliphatic rings. The molecule has 0 spiro atoms. The Bertz CT molecular complexity index is 1240. The van der Waals surface area contributed by atoms with Crippen LogP contribution in [0, 0.1) is 12.7 Å². The van der Waals surface area contributed by atoms with Gasteiger partial charge in [0.25, 0.3) is 5.56 Å². The largest absolute Gasteiger partial charge is 0.486 e. The van der Waals surface area contributed by atoms with Crippen LogP contribution in [0.3, 0.4) is 0 Å². The van der Waals surface area contributed by atoms with Gasteiger partial charge in [0.1, 0.15) is 29.2 Å². The second-order valence-electron chi connectivity index (χ2n) is 9.01. The van der Waals surface area contributed by atoms with E-state index in [1.165, 1.54) is 12.1 Å². The number of hydrogen-bond donors (Lipinski definition) is 0. The molecule has 5 rings (SSSR count). The van der Waals surface area contributed by atoms with E-state index in [-0.39, 0.29) is 23.4 Å². The number of pyridine rings is 1. The van der Waals surface area contributed by atoms with Crippen molar-refractivity contribution >= 4 is 5.91 Å². The van der Waals surface area contributed by atoms with Crippen LogP contribution in [0.1, 0.15) is 36.6 Å². The van der Waals surface area contributed by atoms with Gasteiger partial charge in [-0.15, -0.1) is 0 Å². The van der Waals surface area contributed by atoms with E-state index in [1.807, 2.05) is 41.8 Å². The number of benzene rings is 2. The van der Waals surface area contributed by atoms with Gasteiger partial charge in [0.05, 0.1) is 13.1 Å². The summed E-state index contributed by atoms with van der Waals surface area (Å²) in [6.07, 6.45) is 3.02. The Hall–Kier alpha value is -3.61. The van der Waals surface area contributed by atoms with E-state index < -0.39 is 0 Å². The lowest BCUT2D eigenvalue weighted by atomic mass is 10.1. The average molecular weight is 463 g/mol. The lowest BCUT2D eigenvalue weighted by Crippen LogP contribution is -2.56. The first-order valence-electron chi connectivity index (χ1n) is 11.6. The van der Waals surface area contributed by atoms with Crippen molar-refractivity contribution in [2.45, 2.75) is 44.8 Å². The summed E-state index contributed by atoms with van der Waals surface area (Å²) in [6, 6.07) is 17.2. The molecule has 2 fully saturated rings. The fraction of sp³-hybridized carbons (Fsp3) is 0.333. The summed E-state index contributed by atoms with van der Waals surface area (Å²) >= 11 is 0. The molecule has 1 saturated carbocycles. The number of carbonyl (C=O) groups excluding carboxylic acids is 1. The predicted molar refractivity (Wildman–Crippen MR) is 126 cm³/mol. The molecule has 176 valence electrons. The number of likely N-dealkylation sites (tertiary alicyclic amines) is 1. The Kier molecular flexibility index (Phi) is 6.09. The molecule has 2 heterocycles. The number of rotatable bonds is 8. The van der Waals surface area contributed by atoms with Gasteiger partial charge in [0.15, 0.2) is 0 Å². The molecule has 0 N–H and O–H groups in total. The molecule has 0 unspecified atom stereocenters. The fourth-order valence-electron chi connectivity index (χ4n) is 4.27. The quantitative estimate of drug-likeness (QED) is 0.489. The van der Waals surface area contributed by atoms with Gasteiger partial charge < -0.3 is 18.9 Å². The molecule has 7 heteroatoms. The molecule has 0 atom stereocenters. The van der Waals surface area contributed by atoms with Crippen molar-refractivity contribution in [1.29, 1.82) is 0 Å². The maximum atomic E-state index is 13.1. The van der Waals surface area contributed by atoms with E-state index in [4.69, 9.17) is 9.47 Å². The molecule has 6 nitrogen and oxygen atoms in total. The third kappa shape index (κ3) is 5.14. The first-order valence-corrected chi connectivity index (χ1v) is 11.6. The van der Waals surface area contributed by atoms with Crippen molar-refractivity contribution in [2.75, 3.05) is 13.1 Å². The van der Waals surface area contributed by atoms with Gasteiger partial charge >= 0.3 is 0 Å². The SMILES string of the molecule is Cc1cc(OC2CN(C(=O)CCc3cccc(Oc4ccc(F)cc4)c3)C2)cc(=O)n1C1CC1. The Morgan fingerprint density at radius 2 is 1.76 bits per heavy atom. The van der Waals surface area contributed by atoms with Crippen LogP contribution < -0.4 is 15.0 Å². The number of carbonyl (C=O) groups is 1. The van der Waals surface area contributed by atoms with Gasteiger partial charge in [-0.25, -0.2) is 4.39 Å². The summed E-state index contributed by atoms with van der Waals surface area (Å²) in [6.45, 7) is 2.98. The highest BCUT2D eigenvalue weighted by Crippen LogP contribution is 2.35.